The topological polar surface area (TPSA) is 48.3 Å². The molecule has 0 fully saturated rings. The van der Waals surface area contributed by atoms with Crippen molar-refractivity contribution in [2.45, 2.75) is 20.8 Å². The molecule has 0 saturated carbocycles. The third kappa shape index (κ3) is 3.61. The zero-order chi connectivity index (χ0) is 22.7. The Kier molecular flexibility index (Phi) is 6.16. The van der Waals surface area contributed by atoms with Gasteiger partial charge in [0, 0.05) is 33.2 Å². The first kappa shape index (κ1) is 21.9. The number of aldehydes is 1. The monoisotopic (exact) mass is 443 g/mol. The van der Waals surface area contributed by atoms with Crippen molar-refractivity contribution in [1.29, 1.82) is 0 Å². The smallest absolute Gasteiger partial charge is 0.173 e. The number of nitrogens with zero attached hydrogens (tertiary/aromatic N) is 1. The van der Waals surface area contributed by atoms with E-state index >= 15 is 0 Å². The minimum Gasteiger partial charge on any atom is -0.494 e. The van der Waals surface area contributed by atoms with Gasteiger partial charge in [0.15, 0.2) is 13.4 Å². The molecule has 0 saturated heterocycles. The largest absolute Gasteiger partial charge is 0.494 e. The standard InChI is InChI=1S/C27H26NO3P/c1-4-31-23-17-15-22(16-18-23)28-20(2)26(19-29)27(21(28)3)32(30,24-11-7-5-8-12-24)25-13-9-6-10-14-25/h5-19H,4H2,1-3H3. The SMILES string of the molecule is CCOc1ccc(-n2c(C)c(C=O)c(P(=O)(c3ccccc3)c3ccccc3)c2C)cc1. The zero-order valence-corrected chi connectivity index (χ0v) is 19.4. The molecule has 3 aromatic carbocycles. The molecule has 0 amide bonds. The summed E-state index contributed by atoms with van der Waals surface area (Å²) in [6.45, 7) is 6.38. The van der Waals surface area contributed by atoms with Crippen LogP contribution < -0.4 is 20.7 Å². The first-order valence-corrected chi connectivity index (χ1v) is 12.3. The van der Waals surface area contributed by atoms with E-state index in [0.717, 1.165) is 29.1 Å². The van der Waals surface area contributed by atoms with Gasteiger partial charge in [-0.2, -0.15) is 0 Å². The van der Waals surface area contributed by atoms with Crippen LogP contribution >= 0.6 is 7.14 Å². The van der Waals surface area contributed by atoms with Crippen molar-refractivity contribution < 1.29 is 14.1 Å². The second-order valence-electron chi connectivity index (χ2n) is 7.59. The molecule has 0 aliphatic rings. The van der Waals surface area contributed by atoms with Gasteiger partial charge in [-0.15, -0.1) is 0 Å². The molecule has 32 heavy (non-hydrogen) atoms. The summed E-state index contributed by atoms with van der Waals surface area (Å²) < 4.78 is 22.5. The Labute approximate surface area is 188 Å². The Balaban J connectivity index is 2.01. The van der Waals surface area contributed by atoms with Crippen LogP contribution in [0.3, 0.4) is 0 Å². The maximum Gasteiger partial charge on any atom is 0.173 e. The molecule has 0 aliphatic carbocycles. The molecule has 162 valence electrons. The van der Waals surface area contributed by atoms with E-state index in [4.69, 9.17) is 4.74 Å². The summed E-state index contributed by atoms with van der Waals surface area (Å²) in [6.07, 6.45) is 0.835. The van der Waals surface area contributed by atoms with E-state index in [9.17, 15) is 9.36 Å². The maximum absolute atomic E-state index is 15.0. The lowest BCUT2D eigenvalue weighted by Crippen LogP contribution is -2.28. The zero-order valence-electron chi connectivity index (χ0n) is 18.5. The Hall–Kier alpha value is -3.36. The first-order chi connectivity index (χ1) is 15.5. The number of hydrogen-bond donors (Lipinski definition) is 0. The van der Waals surface area contributed by atoms with E-state index in [1.807, 2.05) is 110 Å². The van der Waals surface area contributed by atoms with Crippen molar-refractivity contribution in [1.82, 2.24) is 4.57 Å². The van der Waals surface area contributed by atoms with E-state index in [1.165, 1.54) is 0 Å². The van der Waals surface area contributed by atoms with Crippen molar-refractivity contribution in [2.24, 2.45) is 0 Å². The lowest BCUT2D eigenvalue weighted by Gasteiger charge is -2.21. The third-order valence-corrected chi connectivity index (χ3v) is 8.98. The molecule has 5 heteroatoms. The summed E-state index contributed by atoms with van der Waals surface area (Å²) >= 11 is 0. The number of carbonyl (C=O) groups is 1. The van der Waals surface area contributed by atoms with E-state index in [1.54, 1.807) is 0 Å². The molecule has 0 bridgehead atoms. The minimum absolute atomic E-state index is 0.479. The normalized spacial score (nSPS) is 11.3. The van der Waals surface area contributed by atoms with Crippen LogP contribution in [0.4, 0.5) is 0 Å². The summed E-state index contributed by atoms with van der Waals surface area (Å²) in [5.74, 6) is 0.786. The van der Waals surface area contributed by atoms with E-state index in [-0.39, 0.29) is 0 Å². The highest BCUT2D eigenvalue weighted by Crippen LogP contribution is 2.45. The van der Waals surface area contributed by atoms with Crippen LogP contribution in [-0.4, -0.2) is 17.5 Å². The molecule has 4 rings (SSSR count). The fraction of sp³-hybridized carbons (Fsp3) is 0.148. The second-order valence-corrected chi connectivity index (χ2v) is 10.3. The highest BCUT2D eigenvalue weighted by atomic mass is 31.2. The maximum atomic E-state index is 15.0. The van der Waals surface area contributed by atoms with Gasteiger partial charge < -0.3 is 13.9 Å². The summed E-state index contributed by atoms with van der Waals surface area (Å²) in [5, 5.41) is 2.01. The van der Waals surface area contributed by atoms with Crippen LogP contribution in [0.25, 0.3) is 5.69 Å². The molecule has 0 aliphatic heterocycles. The number of ether oxygens (including phenoxy) is 1. The highest BCUT2D eigenvalue weighted by molar-refractivity contribution is 7.85. The Morgan fingerprint density at radius 2 is 1.34 bits per heavy atom. The van der Waals surface area contributed by atoms with Gasteiger partial charge in [-0.05, 0) is 45.0 Å². The van der Waals surface area contributed by atoms with Crippen molar-refractivity contribution in [2.75, 3.05) is 6.61 Å². The molecule has 4 nitrogen and oxygen atoms in total. The average Bonchev–Trinajstić information content (AvgIpc) is 3.10. The number of benzene rings is 3. The average molecular weight is 443 g/mol. The molecule has 0 spiro atoms. The van der Waals surface area contributed by atoms with Gasteiger partial charge in [-0.3, -0.25) is 4.79 Å². The van der Waals surface area contributed by atoms with E-state index in [0.29, 0.717) is 28.1 Å². The predicted molar refractivity (Wildman–Crippen MR) is 131 cm³/mol. The van der Waals surface area contributed by atoms with Crippen LogP contribution in [0.2, 0.25) is 0 Å². The van der Waals surface area contributed by atoms with Crippen molar-refractivity contribution in [3.63, 3.8) is 0 Å². The summed E-state index contributed by atoms with van der Waals surface area (Å²) in [4.78, 5) is 12.3. The van der Waals surface area contributed by atoms with Crippen molar-refractivity contribution in [3.05, 3.63) is 102 Å². The Bertz CT molecular complexity index is 1230. The second kappa shape index (κ2) is 9.02. The van der Waals surface area contributed by atoms with Crippen molar-refractivity contribution >= 4 is 29.3 Å². The molecular formula is C27H26NO3P. The molecule has 0 N–H and O–H groups in total. The fourth-order valence-electron chi connectivity index (χ4n) is 4.31. The van der Waals surface area contributed by atoms with E-state index in [2.05, 4.69) is 0 Å². The Morgan fingerprint density at radius 3 is 1.81 bits per heavy atom. The van der Waals surface area contributed by atoms with Crippen LogP contribution in [0, 0.1) is 13.8 Å². The highest BCUT2D eigenvalue weighted by Gasteiger charge is 2.36. The third-order valence-electron chi connectivity index (χ3n) is 5.74. The van der Waals surface area contributed by atoms with Crippen LogP contribution in [0.1, 0.15) is 28.7 Å². The van der Waals surface area contributed by atoms with E-state index < -0.39 is 7.14 Å². The van der Waals surface area contributed by atoms with Gasteiger partial charge in [0.25, 0.3) is 0 Å². The van der Waals surface area contributed by atoms with Gasteiger partial charge in [0.1, 0.15) is 5.75 Å². The van der Waals surface area contributed by atoms with Gasteiger partial charge in [-0.25, -0.2) is 0 Å². The molecular weight excluding hydrogens is 417 g/mol. The lowest BCUT2D eigenvalue weighted by molar-refractivity contribution is 0.112. The number of carbonyl (C=O) groups excluding carboxylic acids is 1. The molecule has 0 unspecified atom stereocenters. The van der Waals surface area contributed by atoms with Crippen LogP contribution in [0.15, 0.2) is 84.9 Å². The summed E-state index contributed by atoms with van der Waals surface area (Å²) in [5.41, 5.74) is 2.94. The molecule has 0 atom stereocenters. The molecule has 1 aromatic heterocycles. The minimum atomic E-state index is -3.29. The lowest BCUT2D eigenvalue weighted by atomic mass is 10.2. The summed E-state index contributed by atoms with van der Waals surface area (Å²) in [6, 6.07) is 26.6. The number of hydrogen-bond acceptors (Lipinski definition) is 3. The number of aromatic nitrogens is 1. The van der Waals surface area contributed by atoms with Gasteiger partial charge in [0.05, 0.1) is 11.9 Å². The van der Waals surface area contributed by atoms with Gasteiger partial charge in [0.2, 0.25) is 0 Å². The molecule has 0 radical (unpaired) electrons. The molecule has 4 aromatic rings. The molecule has 1 heterocycles. The quantitative estimate of drug-likeness (QED) is 0.300. The van der Waals surface area contributed by atoms with Crippen LogP contribution in [0.5, 0.6) is 5.75 Å². The number of rotatable bonds is 7. The first-order valence-electron chi connectivity index (χ1n) is 10.6. The Morgan fingerprint density at radius 1 is 0.812 bits per heavy atom. The van der Waals surface area contributed by atoms with Gasteiger partial charge in [-0.1, -0.05) is 60.7 Å². The van der Waals surface area contributed by atoms with Gasteiger partial charge >= 0.3 is 0 Å². The summed E-state index contributed by atoms with van der Waals surface area (Å²) in [7, 11) is -3.29. The van der Waals surface area contributed by atoms with Crippen LogP contribution in [-0.2, 0) is 4.57 Å². The fourth-order valence-corrected chi connectivity index (χ4v) is 7.42. The van der Waals surface area contributed by atoms with Crippen molar-refractivity contribution in [3.8, 4) is 11.4 Å². The predicted octanol–water partition coefficient (Wildman–Crippen LogP) is 4.94.